The molecule has 1 aromatic heterocycles. The lowest BCUT2D eigenvalue weighted by atomic mass is 10.0. The predicted molar refractivity (Wildman–Crippen MR) is 74.6 cm³/mol. The van der Waals surface area contributed by atoms with Gasteiger partial charge in [-0.15, -0.1) is 0 Å². The molecule has 0 aliphatic rings. The standard InChI is InChI=1S/C15H20N2O/c1-10(2)16-15(9-18)13-6-7-14-12(8-13)5-4-11(3)17-14/h4-8,10,15-16,18H,9H2,1-3H3. The van der Waals surface area contributed by atoms with Gasteiger partial charge in [-0.2, -0.15) is 0 Å². The van der Waals surface area contributed by atoms with Crippen LogP contribution in [0.3, 0.4) is 0 Å². The molecule has 0 aliphatic heterocycles. The normalized spacial score (nSPS) is 13.2. The Morgan fingerprint density at radius 1 is 1.22 bits per heavy atom. The number of pyridine rings is 1. The summed E-state index contributed by atoms with van der Waals surface area (Å²) in [5.74, 6) is 0. The molecule has 0 fully saturated rings. The van der Waals surface area contributed by atoms with Gasteiger partial charge in [0.2, 0.25) is 0 Å². The molecule has 0 saturated carbocycles. The van der Waals surface area contributed by atoms with Crippen LogP contribution in [-0.4, -0.2) is 22.7 Å². The fraction of sp³-hybridized carbons (Fsp3) is 0.400. The van der Waals surface area contributed by atoms with Gasteiger partial charge in [-0.05, 0) is 30.7 Å². The number of benzene rings is 1. The van der Waals surface area contributed by atoms with Gasteiger partial charge in [0.1, 0.15) is 0 Å². The third kappa shape index (κ3) is 2.86. The van der Waals surface area contributed by atoms with E-state index in [0.29, 0.717) is 6.04 Å². The molecule has 2 rings (SSSR count). The van der Waals surface area contributed by atoms with E-state index in [1.807, 2.05) is 25.1 Å². The van der Waals surface area contributed by atoms with E-state index in [2.05, 4.69) is 36.3 Å². The second kappa shape index (κ2) is 5.46. The van der Waals surface area contributed by atoms with Crippen molar-refractivity contribution < 1.29 is 5.11 Å². The van der Waals surface area contributed by atoms with Crippen LogP contribution < -0.4 is 5.32 Å². The summed E-state index contributed by atoms with van der Waals surface area (Å²) in [5.41, 5.74) is 3.12. The molecule has 0 aliphatic carbocycles. The summed E-state index contributed by atoms with van der Waals surface area (Å²) in [4.78, 5) is 4.48. The minimum Gasteiger partial charge on any atom is -0.394 e. The number of nitrogens with zero attached hydrogens (tertiary/aromatic N) is 1. The number of fused-ring (bicyclic) bond motifs is 1. The maximum absolute atomic E-state index is 9.47. The SMILES string of the molecule is Cc1ccc2cc(C(CO)NC(C)C)ccc2n1. The van der Waals surface area contributed by atoms with E-state index in [0.717, 1.165) is 22.2 Å². The fourth-order valence-electron chi connectivity index (χ4n) is 2.12. The molecule has 2 N–H and O–H groups in total. The van der Waals surface area contributed by atoms with E-state index in [-0.39, 0.29) is 12.6 Å². The van der Waals surface area contributed by atoms with E-state index in [4.69, 9.17) is 0 Å². The number of aliphatic hydroxyl groups is 1. The van der Waals surface area contributed by atoms with Crippen LogP contribution in [0.4, 0.5) is 0 Å². The first-order valence-corrected chi connectivity index (χ1v) is 6.34. The molecule has 96 valence electrons. The molecule has 18 heavy (non-hydrogen) atoms. The molecular formula is C15H20N2O. The minimum absolute atomic E-state index is 0.0179. The molecule has 2 aromatic rings. The summed E-state index contributed by atoms with van der Waals surface area (Å²) >= 11 is 0. The van der Waals surface area contributed by atoms with E-state index < -0.39 is 0 Å². The Morgan fingerprint density at radius 2 is 2.00 bits per heavy atom. The van der Waals surface area contributed by atoms with Crippen molar-refractivity contribution in [3.05, 3.63) is 41.6 Å². The number of hydrogen-bond donors (Lipinski definition) is 2. The van der Waals surface area contributed by atoms with E-state index in [1.54, 1.807) is 0 Å². The topological polar surface area (TPSA) is 45.1 Å². The summed E-state index contributed by atoms with van der Waals surface area (Å²) in [7, 11) is 0. The predicted octanol–water partition coefficient (Wildman–Crippen LogP) is 2.57. The number of aryl methyl sites for hydroxylation is 1. The third-order valence-corrected chi connectivity index (χ3v) is 2.97. The molecule has 1 atom stereocenters. The zero-order chi connectivity index (χ0) is 13.1. The monoisotopic (exact) mass is 244 g/mol. The Kier molecular flexibility index (Phi) is 3.94. The Labute approximate surface area is 108 Å². The quantitative estimate of drug-likeness (QED) is 0.869. The van der Waals surface area contributed by atoms with Gasteiger partial charge in [0.15, 0.2) is 0 Å². The first-order valence-electron chi connectivity index (χ1n) is 6.34. The zero-order valence-electron chi connectivity index (χ0n) is 11.1. The lowest BCUT2D eigenvalue weighted by Crippen LogP contribution is -2.30. The Morgan fingerprint density at radius 3 is 2.67 bits per heavy atom. The largest absolute Gasteiger partial charge is 0.394 e. The summed E-state index contributed by atoms with van der Waals surface area (Å²) in [6.07, 6.45) is 0. The van der Waals surface area contributed by atoms with Gasteiger partial charge in [0.25, 0.3) is 0 Å². The van der Waals surface area contributed by atoms with Crippen molar-refractivity contribution in [2.45, 2.75) is 32.9 Å². The zero-order valence-corrected chi connectivity index (χ0v) is 11.1. The molecule has 3 nitrogen and oxygen atoms in total. The molecule has 1 aromatic carbocycles. The van der Waals surface area contributed by atoms with Gasteiger partial charge in [0, 0.05) is 17.1 Å². The maximum Gasteiger partial charge on any atom is 0.0705 e. The van der Waals surface area contributed by atoms with Gasteiger partial charge in [-0.1, -0.05) is 26.0 Å². The second-order valence-electron chi connectivity index (χ2n) is 4.96. The Bertz CT molecular complexity index is 537. The van der Waals surface area contributed by atoms with Crippen LogP contribution in [-0.2, 0) is 0 Å². The van der Waals surface area contributed by atoms with Gasteiger partial charge in [-0.25, -0.2) is 0 Å². The molecular weight excluding hydrogens is 224 g/mol. The number of nitrogens with one attached hydrogen (secondary N) is 1. The molecule has 0 amide bonds. The van der Waals surface area contributed by atoms with Crippen LogP contribution in [0, 0.1) is 6.92 Å². The molecule has 1 unspecified atom stereocenters. The minimum atomic E-state index is -0.0179. The Balaban J connectivity index is 2.36. The first-order chi connectivity index (χ1) is 8.60. The first kappa shape index (κ1) is 13.0. The summed E-state index contributed by atoms with van der Waals surface area (Å²) in [5, 5.41) is 13.9. The van der Waals surface area contributed by atoms with Crippen LogP contribution in [0.15, 0.2) is 30.3 Å². The van der Waals surface area contributed by atoms with Crippen molar-refractivity contribution in [2.75, 3.05) is 6.61 Å². The summed E-state index contributed by atoms with van der Waals surface area (Å²) in [6.45, 7) is 6.25. The van der Waals surface area contributed by atoms with E-state index in [1.165, 1.54) is 0 Å². The van der Waals surface area contributed by atoms with Crippen LogP contribution in [0.1, 0.15) is 31.1 Å². The van der Waals surface area contributed by atoms with Crippen LogP contribution >= 0.6 is 0 Å². The molecule has 0 radical (unpaired) electrons. The average molecular weight is 244 g/mol. The Hall–Kier alpha value is -1.45. The molecule has 1 heterocycles. The average Bonchev–Trinajstić information content (AvgIpc) is 2.35. The smallest absolute Gasteiger partial charge is 0.0705 e. The van der Waals surface area contributed by atoms with Gasteiger partial charge in [-0.3, -0.25) is 4.98 Å². The van der Waals surface area contributed by atoms with Crippen LogP contribution in [0.5, 0.6) is 0 Å². The van der Waals surface area contributed by atoms with Crippen molar-refractivity contribution in [1.82, 2.24) is 10.3 Å². The summed E-state index contributed by atoms with van der Waals surface area (Å²) < 4.78 is 0. The second-order valence-corrected chi connectivity index (χ2v) is 4.96. The molecule has 0 spiro atoms. The lowest BCUT2D eigenvalue weighted by molar-refractivity contribution is 0.237. The van der Waals surface area contributed by atoms with Crippen LogP contribution in [0.2, 0.25) is 0 Å². The number of aliphatic hydroxyl groups excluding tert-OH is 1. The third-order valence-electron chi connectivity index (χ3n) is 2.97. The van der Waals surface area contributed by atoms with E-state index in [9.17, 15) is 5.11 Å². The molecule has 0 saturated heterocycles. The van der Waals surface area contributed by atoms with E-state index >= 15 is 0 Å². The highest BCUT2D eigenvalue weighted by atomic mass is 16.3. The van der Waals surface area contributed by atoms with Gasteiger partial charge < -0.3 is 10.4 Å². The van der Waals surface area contributed by atoms with Crippen molar-refractivity contribution in [3.63, 3.8) is 0 Å². The fourth-order valence-corrected chi connectivity index (χ4v) is 2.12. The highest BCUT2D eigenvalue weighted by molar-refractivity contribution is 5.79. The highest BCUT2D eigenvalue weighted by Crippen LogP contribution is 2.20. The van der Waals surface area contributed by atoms with Crippen LogP contribution in [0.25, 0.3) is 10.9 Å². The van der Waals surface area contributed by atoms with Gasteiger partial charge >= 0.3 is 0 Å². The molecule has 0 bridgehead atoms. The summed E-state index contributed by atoms with van der Waals surface area (Å²) in [6, 6.07) is 10.6. The lowest BCUT2D eigenvalue weighted by Gasteiger charge is -2.19. The van der Waals surface area contributed by atoms with Crippen molar-refractivity contribution in [2.24, 2.45) is 0 Å². The number of hydrogen-bond acceptors (Lipinski definition) is 3. The van der Waals surface area contributed by atoms with Crippen molar-refractivity contribution in [3.8, 4) is 0 Å². The molecule has 3 heteroatoms. The van der Waals surface area contributed by atoms with Crippen molar-refractivity contribution in [1.29, 1.82) is 0 Å². The number of aromatic nitrogens is 1. The van der Waals surface area contributed by atoms with Gasteiger partial charge in [0.05, 0.1) is 18.2 Å². The maximum atomic E-state index is 9.47. The number of rotatable bonds is 4. The van der Waals surface area contributed by atoms with Crippen molar-refractivity contribution >= 4 is 10.9 Å². The highest BCUT2D eigenvalue weighted by Gasteiger charge is 2.11.